The average Bonchev–Trinajstić information content (AvgIpc) is 2.51. The van der Waals surface area contributed by atoms with Gasteiger partial charge < -0.3 is 5.32 Å². The van der Waals surface area contributed by atoms with Gasteiger partial charge in [-0.15, -0.1) is 24.8 Å². The number of aromatic nitrogens is 2. The highest BCUT2D eigenvalue weighted by Crippen LogP contribution is 2.37. The minimum atomic E-state index is -2.65. The molecule has 1 atom stereocenters. The number of aryl methyl sites for hydroxylation is 1. The van der Waals surface area contributed by atoms with Crippen molar-refractivity contribution in [2.45, 2.75) is 24.8 Å². The summed E-state index contributed by atoms with van der Waals surface area (Å²) in [7, 11) is 1.73. The first-order chi connectivity index (χ1) is 6.59. The average molecular weight is 274 g/mol. The van der Waals surface area contributed by atoms with E-state index < -0.39 is 12.0 Å². The van der Waals surface area contributed by atoms with E-state index in [2.05, 4.69) is 10.4 Å². The second kappa shape index (κ2) is 5.80. The predicted octanol–water partition coefficient (Wildman–Crippen LogP) is 2.32. The molecule has 16 heavy (non-hydrogen) atoms. The lowest BCUT2D eigenvalue weighted by Crippen LogP contribution is -2.42. The third-order valence-electron chi connectivity index (χ3n) is 2.52. The zero-order valence-electron chi connectivity index (χ0n) is 8.82. The normalized spacial score (nSPS) is 23.1. The lowest BCUT2D eigenvalue weighted by molar-refractivity contribution is -0.0620. The van der Waals surface area contributed by atoms with Crippen molar-refractivity contribution < 1.29 is 8.78 Å². The molecule has 1 fully saturated rings. The van der Waals surface area contributed by atoms with Gasteiger partial charge in [-0.05, 0) is 13.0 Å². The third-order valence-corrected chi connectivity index (χ3v) is 2.52. The monoisotopic (exact) mass is 273 g/mol. The number of rotatable bonds is 1. The Bertz CT molecular complexity index is 330. The number of alkyl halides is 2. The first-order valence-corrected chi connectivity index (χ1v) is 4.69. The van der Waals surface area contributed by atoms with Gasteiger partial charge in [-0.2, -0.15) is 5.10 Å². The molecule has 1 unspecified atom stereocenters. The minimum absolute atomic E-state index is 0. The largest absolute Gasteiger partial charge is 0.305 e. The Hall–Kier alpha value is -0.390. The molecule has 1 N–H and O–H groups in total. The Kier molecular flexibility index (Phi) is 5.65. The van der Waals surface area contributed by atoms with Crippen LogP contribution in [-0.2, 0) is 7.05 Å². The van der Waals surface area contributed by atoms with Crippen LogP contribution in [0.5, 0.6) is 0 Å². The number of nitrogens with one attached hydrogen (secondary N) is 1. The molecule has 0 amide bonds. The molecule has 0 aromatic carbocycles. The Morgan fingerprint density at radius 2 is 2.19 bits per heavy atom. The van der Waals surface area contributed by atoms with Gasteiger partial charge in [0.25, 0.3) is 5.92 Å². The zero-order valence-corrected chi connectivity index (χ0v) is 10.5. The quantitative estimate of drug-likeness (QED) is 0.851. The second-order valence-corrected chi connectivity index (χ2v) is 3.70. The maximum atomic E-state index is 13.5. The van der Waals surface area contributed by atoms with Crippen LogP contribution in [0, 0.1) is 0 Å². The van der Waals surface area contributed by atoms with Gasteiger partial charge in [0.1, 0.15) is 0 Å². The van der Waals surface area contributed by atoms with E-state index in [1.807, 2.05) is 0 Å². The van der Waals surface area contributed by atoms with E-state index in [0.29, 0.717) is 18.5 Å². The Morgan fingerprint density at radius 1 is 1.50 bits per heavy atom. The summed E-state index contributed by atoms with van der Waals surface area (Å²) in [6, 6.07) is -0.870. The molecule has 0 saturated carbocycles. The van der Waals surface area contributed by atoms with Gasteiger partial charge in [0.2, 0.25) is 0 Å². The summed E-state index contributed by atoms with van der Waals surface area (Å²) in [5.41, 5.74) is 0.567. The van der Waals surface area contributed by atoms with E-state index >= 15 is 0 Å². The number of piperidine rings is 1. The van der Waals surface area contributed by atoms with E-state index in [-0.39, 0.29) is 31.2 Å². The molecule has 1 aliphatic heterocycles. The molecule has 1 aromatic heterocycles. The molecule has 3 nitrogen and oxygen atoms in total. The van der Waals surface area contributed by atoms with Crippen LogP contribution in [0.1, 0.15) is 24.4 Å². The highest BCUT2D eigenvalue weighted by molar-refractivity contribution is 5.85. The van der Waals surface area contributed by atoms with Crippen molar-refractivity contribution in [3.63, 3.8) is 0 Å². The molecular formula is C9H15Cl2F2N3. The summed E-state index contributed by atoms with van der Waals surface area (Å²) in [6.45, 7) is 0.648. The van der Waals surface area contributed by atoms with Crippen molar-refractivity contribution in [1.82, 2.24) is 15.1 Å². The fourth-order valence-corrected chi connectivity index (χ4v) is 1.82. The fourth-order valence-electron chi connectivity index (χ4n) is 1.82. The zero-order chi connectivity index (χ0) is 10.2. The molecule has 2 rings (SSSR count). The Labute approximate surface area is 105 Å². The van der Waals surface area contributed by atoms with E-state index in [9.17, 15) is 8.78 Å². The number of halogens is 4. The van der Waals surface area contributed by atoms with E-state index in [1.54, 1.807) is 17.9 Å². The van der Waals surface area contributed by atoms with Gasteiger partial charge in [-0.25, -0.2) is 8.78 Å². The summed E-state index contributed by atoms with van der Waals surface area (Å²) in [4.78, 5) is 0. The van der Waals surface area contributed by atoms with Gasteiger partial charge in [-0.3, -0.25) is 4.68 Å². The smallest absolute Gasteiger partial charge is 0.267 e. The number of nitrogens with zero attached hydrogens (tertiary/aromatic N) is 2. The molecule has 1 aromatic rings. The van der Waals surface area contributed by atoms with Gasteiger partial charge >= 0.3 is 0 Å². The molecule has 0 bridgehead atoms. The highest BCUT2D eigenvalue weighted by Gasteiger charge is 2.42. The highest BCUT2D eigenvalue weighted by atomic mass is 35.5. The number of hydrogen-bond acceptors (Lipinski definition) is 2. The van der Waals surface area contributed by atoms with Crippen LogP contribution < -0.4 is 5.32 Å². The summed E-state index contributed by atoms with van der Waals surface area (Å²) in [5.74, 6) is -2.65. The molecule has 0 radical (unpaired) electrons. The van der Waals surface area contributed by atoms with Crippen LogP contribution in [0.3, 0.4) is 0 Å². The lowest BCUT2D eigenvalue weighted by atomic mass is 9.96. The summed E-state index contributed by atoms with van der Waals surface area (Å²) in [5, 5.41) is 6.74. The van der Waals surface area contributed by atoms with Crippen molar-refractivity contribution in [3.8, 4) is 0 Å². The molecule has 2 heterocycles. The van der Waals surface area contributed by atoms with E-state index in [4.69, 9.17) is 0 Å². The van der Waals surface area contributed by atoms with Crippen LogP contribution in [-0.4, -0.2) is 22.2 Å². The molecule has 1 saturated heterocycles. The van der Waals surface area contributed by atoms with Crippen LogP contribution in [0.15, 0.2) is 12.4 Å². The summed E-state index contributed by atoms with van der Waals surface area (Å²) < 4.78 is 28.5. The molecule has 0 aliphatic carbocycles. The van der Waals surface area contributed by atoms with Crippen molar-refractivity contribution >= 4 is 24.8 Å². The van der Waals surface area contributed by atoms with Gasteiger partial charge in [0.05, 0.1) is 12.2 Å². The maximum Gasteiger partial charge on any atom is 0.267 e. The van der Waals surface area contributed by atoms with Gasteiger partial charge in [0, 0.05) is 25.2 Å². The Balaban J connectivity index is 0.00000112. The van der Waals surface area contributed by atoms with Gasteiger partial charge in [0.15, 0.2) is 0 Å². The first kappa shape index (κ1) is 15.6. The predicted molar refractivity (Wildman–Crippen MR) is 62.6 cm³/mol. The van der Waals surface area contributed by atoms with Crippen LogP contribution >= 0.6 is 24.8 Å². The first-order valence-electron chi connectivity index (χ1n) is 4.69. The van der Waals surface area contributed by atoms with Crippen molar-refractivity contribution in [2.24, 2.45) is 7.05 Å². The van der Waals surface area contributed by atoms with Gasteiger partial charge in [-0.1, -0.05) is 0 Å². The molecule has 0 spiro atoms. The summed E-state index contributed by atoms with van der Waals surface area (Å²) >= 11 is 0. The van der Waals surface area contributed by atoms with Crippen LogP contribution in [0.2, 0.25) is 0 Å². The Morgan fingerprint density at radius 3 is 2.69 bits per heavy atom. The molecular weight excluding hydrogens is 259 g/mol. The van der Waals surface area contributed by atoms with Crippen molar-refractivity contribution in [3.05, 3.63) is 18.0 Å². The van der Waals surface area contributed by atoms with E-state index in [0.717, 1.165) is 0 Å². The maximum absolute atomic E-state index is 13.5. The minimum Gasteiger partial charge on any atom is -0.305 e. The molecule has 7 heteroatoms. The lowest BCUT2D eigenvalue weighted by Gasteiger charge is -2.31. The fraction of sp³-hybridized carbons (Fsp3) is 0.667. The SMILES string of the molecule is Cl.Cl.Cn1cc(C2NCCCC2(F)F)cn1. The standard InChI is InChI=1S/C9H13F2N3.2ClH/c1-14-6-7(5-13-14)8-9(10,11)3-2-4-12-8;;/h5-6,8,12H,2-4H2,1H3;2*1H. The third kappa shape index (κ3) is 3.06. The number of hydrogen-bond donors (Lipinski definition) is 1. The second-order valence-electron chi connectivity index (χ2n) is 3.70. The van der Waals surface area contributed by atoms with E-state index in [1.165, 1.54) is 6.20 Å². The van der Waals surface area contributed by atoms with Crippen LogP contribution in [0.25, 0.3) is 0 Å². The van der Waals surface area contributed by atoms with Crippen molar-refractivity contribution in [2.75, 3.05) is 6.54 Å². The molecule has 94 valence electrons. The topological polar surface area (TPSA) is 29.9 Å². The molecule has 1 aliphatic rings. The van der Waals surface area contributed by atoms with Crippen molar-refractivity contribution in [1.29, 1.82) is 0 Å². The summed E-state index contributed by atoms with van der Waals surface area (Å²) in [6.07, 6.45) is 3.62. The van der Waals surface area contributed by atoms with Crippen LogP contribution in [0.4, 0.5) is 8.78 Å².